The number of aryl methyl sites for hydroxylation is 1. The zero-order valence-corrected chi connectivity index (χ0v) is 18.6. The maximum Gasteiger partial charge on any atom is 0.168 e. The number of aromatic nitrogens is 7. The number of anilines is 1. The molecule has 0 spiro atoms. The van der Waals surface area contributed by atoms with Crippen LogP contribution in [0, 0.1) is 6.92 Å². The number of fused-ring (bicyclic) bond motifs is 1. The molecule has 0 aliphatic rings. The van der Waals surface area contributed by atoms with E-state index in [4.69, 9.17) is 16.6 Å². The summed E-state index contributed by atoms with van der Waals surface area (Å²) in [5.41, 5.74) is 3.72. The van der Waals surface area contributed by atoms with Gasteiger partial charge in [0, 0.05) is 12.1 Å². The third kappa shape index (κ3) is 3.58. The van der Waals surface area contributed by atoms with Gasteiger partial charge in [-0.3, -0.25) is 0 Å². The predicted octanol–water partition coefficient (Wildman–Crippen LogP) is 4.56. The molecule has 32 heavy (non-hydrogen) atoms. The van der Waals surface area contributed by atoms with Crippen molar-refractivity contribution in [3.63, 3.8) is 0 Å². The van der Waals surface area contributed by atoms with Crippen LogP contribution in [0.2, 0.25) is 5.02 Å². The van der Waals surface area contributed by atoms with Crippen molar-refractivity contribution in [1.29, 1.82) is 0 Å². The number of halogens is 1. The zero-order valence-electron chi connectivity index (χ0n) is 17.9. The second-order valence-corrected chi connectivity index (χ2v) is 8.02. The molecule has 0 amide bonds. The summed E-state index contributed by atoms with van der Waals surface area (Å²) < 4.78 is 3.53. The van der Waals surface area contributed by atoms with Gasteiger partial charge in [0.2, 0.25) is 0 Å². The van der Waals surface area contributed by atoms with Crippen LogP contribution in [-0.2, 0) is 0 Å². The first-order valence-electron chi connectivity index (χ1n) is 10.2. The molecule has 1 unspecified atom stereocenters. The fourth-order valence-electron chi connectivity index (χ4n) is 3.72. The van der Waals surface area contributed by atoms with Gasteiger partial charge in [-0.25, -0.2) is 24.3 Å². The number of nitrogens with zero attached hydrogens (tertiary/aromatic N) is 8. The quantitative estimate of drug-likeness (QED) is 0.395. The highest BCUT2D eigenvalue weighted by molar-refractivity contribution is 6.30. The van der Waals surface area contributed by atoms with Crippen molar-refractivity contribution in [2.75, 3.05) is 11.9 Å². The molecule has 3 aromatic heterocycles. The lowest BCUT2D eigenvalue weighted by Gasteiger charge is -2.27. The van der Waals surface area contributed by atoms with Crippen LogP contribution < -0.4 is 4.90 Å². The molecule has 9 heteroatoms. The van der Waals surface area contributed by atoms with Crippen LogP contribution in [-0.4, -0.2) is 41.6 Å². The van der Waals surface area contributed by atoms with Crippen LogP contribution in [0.1, 0.15) is 24.4 Å². The van der Waals surface area contributed by atoms with Crippen LogP contribution in [0.3, 0.4) is 0 Å². The van der Waals surface area contributed by atoms with Gasteiger partial charge in [0.05, 0.1) is 29.0 Å². The van der Waals surface area contributed by atoms with Crippen molar-refractivity contribution in [2.45, 2.75) is 19.9 Å². The van der Waals surface area contributed by atoms with Gasteiger partial charge in [0.25, 0.3) is 0 Å². The van der Waals surface area contributed by atoms with Gasteiger partial charge in [-0.15, -0.1) is 0 Å². The Kier molecular flexibility index (Phi) is 5.07. The summed E-state index contributed by atoms with van der Waals surface area (Å²) in [6.45, 7) is 4.04. The molecule has 0 fully saturated rings. The minimum Gasteiger partial charge on any atom is -0.352 e. The summed E-state index contributed by atoms with van der Waals surface area (Å²) in [6.07, 6.45) is 5.02. The monoisotopic (exact) mass is 444 g/mol. The molecule has 8 nitrogen and oxygen atoms in total. The molecular weight excluding hydrogens is 424 g/mol. The fourth-order valence-corrected chi connectivity index (χ4v) is 3.90. The van der Waals surface area contributed by atoms with E-state index in [0.29, 0.717) is 10.8 Å². The lowest BCUT2D eigenvalue weighted by molar-refractivity contribution is 0.728. The van der Waals surface area contributed by atoms with E-state index in [1.54, 1.807) is 15.7 Å². The third-order valence-corrected chi connectivity index (χ3v) is 5.78. The molecule has 0 N–H and O–H groups in total. The first-order chi connectivity index (χ1) is 15.5. The second kappa shape index (κ2) is 8.05. The van der Waals surface area contributed by atoms with E-state index in [-0.39, 0.29) is 6.04 Å². The summed E-state index contributed by atoms with van der Waals surface area (Å²) in [4.78, 5) is 15.6. The average molecular weight is 445 g/mol. The summed E-state index contributed by atoms with van der Waals surface area (Å²) in [5.74, 6) is 1.51. The fraction of sp³-hybridized carbons (Fsp3) is 0.174. The molecule has 0 aliphatic heterocycles. The molecule has 1 atom stereocenters. The van der Waals surface area contributed by atoms with Gasteiger partial charge >= 0.3 is 0 Å². The van der Waals surface area contributed by atoms with Gasteiger partial charge in [-0.2, -0.15) is 10.2 Å². The minimum absolute atomic E-state index is 0.0758. The van der Waals surface area contributed by atoms with E-state index >= 15 is 0 Å². The van der Waals surface area contributed by atoms with Crippen molar-refractivity contribution in [3.8, 4) is 11.4 Å². The van der Waals surface area contributed by atoms with Gasteiger partial charge < -0.3 is 4.90 Å². The second-order valence-electron chi connectivity index (χ2n) is 7.59. The third-order valence-electron chi connectivity index (χ3n) is 5.55. The molecule has 0 bridgehead atoms. The zero-order chi connectivity index (χ0) is 22.2. The highest BCUT2D eigenvalue weighted by Crippen LogP contribution is 2.31. The Morgan fingerprint density at radius 2 is 1.81 bits per heavy atom. The summed E-state index contributed by atoms with van der Waals surface area (Å²) in [5, 5.41) is 10.3. The molecule has 160 valence electrons. The Morgan fingerprint density at radius 3 is 2.53 bits per heavy atom. The Morgan fingerprint density at radius 1 is 1.00 bits per heavy atom. The lowest BCUT2D eigenvalue weighted by atomic mass is 10.1. The van der Waals surface area contributed by atoms with Crippen LogP contribution in [0.15, 0.2) is 67.4 Å². The number of hydrogen-bond acceptors (Lipinski definition) is 6. The van der Waals surface area contributed by atoms with Gasteiger partial charge in [0.15, 0.2) is 5.65 Å². The topological polar surface area (TPSA) is 77.5 Å². The Hall–Kier alpha value is -3.78. The van der Waals surface area contributed by atoms with E-state index in [1.807, 2.05) is 56.6 Å². The van der Waals surface area contributed by atoms with Crippen molar-refractivity contribution in [1.82, 2.24) is 34.5 Å². The van der Waals surface area contributed by atoms with E-state index in [0.717, 1.165) is 33.8 Å². The molecule has 5 aromatic rings. The predicted molar refractivity (Wildman–Crippen MR) is 125 cm³/mol. The van der Waals surface area contributed by atoms with Crippen LogP contribution in [0.25, 0.3) is 22.4 Å². The highest BCUT2D eigenvalue weighted by Gasteiger charge is 2.20. The molecule has 3 heterocycles. The summed E-state index contributed by atoms with van der Waals surface area (Å²) in [7, 11) is 2.04. The van der Waals surface area contributed by atoms with Crippen molar-refractivity contribution in [3.05, 3.63) is 83.8 Å². The van der Waals surface area contributed by atoms with Crippen molar-refractivity contribution < 1.29 is 0 Å². The molecule has 0 aliphatic carbocycles. The van der Waals surface area contributed by atoms with Gasteiger partial charge in [0.1, 0.15) is 24.3 Å². The Bertz CT molecular complexity index is 1380. The van der Waals surface area contributed by atoms with Crippen LogP contribution >= 0.6 is 11.6 Å². The van der Waals surface area contributed by atoms with Crippen LogP contribution in [0.5, 0.6) is 0 Å². The van der Waals surface area contributed by atoms with Crippen molar-refractivity contribution >= 4 is 28.5 Å². The van der Waals surface area contributed by atoms with E-state index in [2.05, 4.69) is 44.1 Å². The number of benzene rings is 2. The Labute approximate surface area is 190 Å². The minimum atomic E-state index is 0.0758. The van der Waals surface area contributed by atoms with Gasteiger partial charge in [-0.1, -0.05) is 29.8 Å². The number of hydrogen-bond donors (Lipinski definition) is 0. The normalized spacial score (nSPS) is 12.2. The highest BCUT2D eigenvalue weighted by atomic mass is 35.5. The van der Waals surface area contributed by atoms with Crippen molar-refractivity contribution in [2.24, 2.45) is 0 Å². The van der Waals surface area contributed by atoms with Gasteiger partial charge in [-0.05, 0) is 49.7 Å². The Balaban J connectivity index is 1.51. The van der Waals surface area contributed by atoms with E-state index in [9.17, 15) is 0 Å². The number of rotatable bonds is 5. The maximum atomic E-state index is 6.19. The first kappa shape index (κ1) is 20.1. The molecule has 0 saturated heterocycles. The largest absolute Gasteiger partial charge is 0.352 e. The molecular formula is C23H21ClN8. The molecule has 5 rings (SSSR count). The lowest BCUT2D eigenvalue weighted by Crippen LogP contribution is -2.23. The maximum absolute atomic E-state index is 6.19. The molecule has 2 aromatic carbocycles. The van der Waals surface area contributed by atoms with Crippen LogP contribution in [0.4, 0.5) is 5.82 Å². The summed E-state index contributed by atoms with van der Waals surface area (Å²) in [6, 6.07) is 15.9. The molecule has 0 radical (unpaired) electrons. The first-order valence-corrected chi connectivity index (χ1v) is 10.5. The van der Waals surface area contributed by atoms with E-state index in [1.165, 1.54) is 6.33 Å². The SMILES string of the molecule is Cc1nc(N(C)C(C)c2ccc(-n3cncn3)cc2)c2cnn(-c3cccc(Cl)c3)c2n1. The average Bonchev–Trinajstić information content (AvgIpc) is 3.48. The standard InChI is InChI=1S/C23H21ClN8/c1-15(17-7-9-19(10-8-17)31-14-25-13-27-31)30(3)22-21-12-26-32(23(21)29-16(2)28-22)20-6-4-5-18(24)11-20/h4-15H,1-3H3. The van der Waals surface area contributed by atoms with E-state index < -0.39 is 0 Å². The summed E-state index contributed by atoms with van der Waals surface area (Å²) >= 11 is 6.19. The smallest absolute Gasteiger partial charge is 0.168 e. The molecule has 0 saturated carbocycles.